The van der Waals surface area contributed by atoms with E-state index < -0.39 is 0 Å². The molecule has 0 unspecified atom stereocenters. The number of hydrogen-bond donors (Lipinski definition) is 2. The highest BCUT2D eigenvalue weighted by Gasteiger charge is 2.18. The third-order valence-electron chi connectivity index (χ3n) is 4.36. The highest BCUT2D eigenvalue weighted by Crippen LogP contribution is 2.26. The summed E-state index contributed by atoms with van der Waals surface area (Å²) in [4.78, 5) is 4.51. The molecule has 1 aliphatic carbocycles. The van der Waals surface area contributed by atoms with Gasteiger partial charge in [-0.05, 0) is 55.8 Å². The molecule has 1 aliphatic rings. The van der Waals surface area contributed by atoms with E-state index in [1.54, 1.807) is 0 Å². The van der Waals surface area contributed by atoms with Crippen molar-refractivity contribution in [2.75, 3.05) is 6.54 Å². The Morgan fingerprint density at radius 1 is 1.19 bits per heavy atom. The van der Waals surface area contributed by atoms with Crippen LogP contribution in [-0.2, 0) is 6.54 Å². The first-order valence-corrected chi connectivity index (χ1v) is 8.44. The topological polar surface area (TPSA) is 45.1 Å². The van der Waals surface area contributed by atoms with Crippen molar-refractivity contribution in [1.29, 1.82) is 0 Å². The molecule has 1 heterocycles. The quantitative estimate of drug-likeness (QED) is 0.886. The van der Waals surface area contributed by atoms with Gasteiger partial charge in [-0.25, -0.2) is 0 Å². The molecule has 3 nitrogen and oxygen atoms in total. The molecular weight excluding hydrogens is 328 g/mol. The van der Waals surface area contributed by atoms with Gasteiger partial charge in [-0.2, -0.15) is 0 Å². The van der Waals surface area contributed by atoms with Crippen molar-refractivity contribution in [2.24, 2.45) is 5.92 Å². The van der Waals surface area contributed by atoms with Gasteiger partial charge >= 0.3 is 0 Å². The molecule has 0 saturated heterocycles. The van der Waals surface area contributed by atoms with Crippen molar-refractivity contribution in [2.45, 2.75) is 38.3 Å². The summed E-state index contributed by atoms with van der Waals surface area (Å²) in [6.07, 6.45) is 5.95. The van der Waals surface area contributed by atoms with Crippen LogP contribution >= 0.6 is 15.9 Å². The van der Waals surface area contributed by atoms with E-state index in [0.717, 1.165) is 54.1 Å². The second-order valence-corrected chi connectivity index (χ2v) is 6.77. The van der Waals surface area contributed by atoms with Gasteiger partial charge in [0.05, 0.1) is 11.6 Å². The third-order valence-corrected chi connectivity index (χ3v) is 5.06. The third kappa shape index (κ3) is 3.62. The lowest BCUT2D eigenvalue weighted by Crippen LogP contribution is -2.27. The summed E-state index contributed by atoms with van der Waals surface area (Å²) in [5.74, 6) is 0.697. The van der Waals surface area contributed by atoms with Gasteiger partial charge in [0.2, 0.25) is 0 Å². The molecule has 0 aliphatic heterocycles. The molecule has 0 bridgehead atoms. The minimum atomic E-state index is -0.0686. The number of nitrogens with one attached hydrogen (secondary N) is 1. The lowest BCUT2D eigenvalue weighted by molar-refractivity contribution is 0.108. The Balaban J connectivity index is 1.62. The lowest BCUT2D eigenvalue weighted by Gasteiger charge is -2.25. The SMILES string of the molecule is OC1CCC(CNCc2ccc(Br)c3cccnc23)CC1. The molecule has 1 aromatic heterocycles. The molecule has 112 valence electrons. The molecule has 4 heteroatoms. The van der Waals surface area contributed by atoms with E-state index >= 15 is 0 Å². The average Bonchev–Trinajstić information content (AvgIpc) is 2.52. The number of hydrogen-bond acceptors (Lipinski definition) is 3. The van der Waals surface area contributed by atoms with Gasteiger partial charge in [0.1, 0.15) is 0 Å². The van der Waals surface area contributed by atoms with E-state index in [2.05, 4.69) is 44.4 Å². The van der Waals surface area contributed by atoms with E-state index in [4.69, 9.17) is 0 Å². The van der Waals surface area contributed by atoms with E-state index in [1.165, 1.54) is 5.56 Å². The van der Waals surface area contributed by atoms with Crippen LogP contribution in [0.3, 0.4) is 0 Å². The molecule has 0 amide bonds. The van der Waals surface area contributed by atoms with Gasteiger partial charge in [0.15, 0.2) is 0 Å². The first kappa shape index (κ1) is 14.9. The zero-order chi connectivity index (χ0) is 14.7. The molecule has 2 aromatic rings. The number of aliphatic hydroxyl groups is 1. The number of rotatable bonds is 4. The molecule has 0 spiro atoms. The summed E-state index contributed by atoms with van der Waals surface area (Å²) in [7, 11) is 0. The minimum Gasteiger partial charge on any atom is -0.393 e. The molecule has 0 radical (unpaired) electrons. The van der Waals surface area contributed by atoms with Crippen molar-refractivity contribution in [3.63, 3.8) is 0 Å². The Kier molecular flexibility index (Phi) is 4.88. The van der Waals surface area contributed by atoms with Crippen LogP contribution in [0, 0.1) is 5.92 Å². The van der Waals surface area contributed by atoms with Crippen molar-refractivity contribution in [1.82, 2.24) is 10.3 Å². The number of aromatic nitrogens is 1. The van der Waals surface area contributed by atoms with Gasteiger partial charge in [0.25, 0.3) is 0 Å². The van der Waals surface area contributed by atoms with Gasteiger partial charge in [-0.15, -0.1) is 0 Å². The van der Waals surface area contributed by atoms with Gasteiger partial charge in [-0.3, -0.25) is 4.98 Å². The van der Waals surface area contributed by atoms with Crippen molar-refractivity contribution in [3.8, 4) is 0 Å². The number of benzene rings is 1. The largest absolute Gasteiger partial charge is 0.393 e. The number of halogens is 1. The van der Waals surface area contributed by atoms with Crippen LogP contribution in [0.1, 0.15) is 31.2 Å². The predicted molar refractivity (Wildman–Crippen MR) is 89.1 cm³/mol. The Hall–Kier alpha value is -0.970. The van der Waals surface area contributed by atoms with E-state index in [9.17, 15) is 5.11 Å². The van der Waals surface area contributed by atoms with E-state index in [1.807, 2.05) is 12.3 Å². The van der Waals surface area contributed by atoms with Crippen LogP contribution in [0.15, 0.2) is 34.9 Å². The monoisotopic (exact) mass is 348 g/mol. The van der Waals surface area contributed by atoms with Gasteiger partial charge in [0, 0.05) is 22.6 Å². The normalized spacial score (nSPS) is 22.6. The molecular formula is C17H21BrN2O. The van der Waals surface area contributed by atoms with Crippen LogP contribution in [0.25, 0.3) is 10.9 Å². The second-order valence-electron chi connectivity index (χ2n) is 5.91. The highest BCUT2D eigenvalue weighted by atomic mass is 79.9. The van der Waals surface area contributed by atoms with E-state index in [-0.39, 0.29) is 6.10 Å². The smallest absolute Gasteiger partial charge is 0.0758 e. The maximum Gasteiger partial charge on any atom is 0.0758 e. The first-order chi connectivity index (χ1) is 10.2. The molecule has 21 heavy (non-hydrogen) atoms. The van der Waals surface area contributed by atoms with Crippen LogP contribution in [0.5, 0.6) is 0 Å². The zero-order valence-corrected chi connectivity index (χ0v) is 13.6. The van der Waals surface area contributed by atoms with Gasteiger partial charge < -0.3 is 10.4 Å². The molecule has 3 rings (SSSR count). The zero-order valence-electron chi connectivity index (χ0n) is 12.1. The fraction of sp³-hybridized carbons (Fsp3) is 0.471. The number of nitrogens with zero attached hydrogens (tertiary/aromatic N) is 1. The van der Waals surface area contributed by atoms with Crippen LogP contribution < -0.4 is 5.32 Å². The predicted octanol–water partition coefficient (Wildman–Crippen LogP) is 3.64. The summed E-state index contributed by atoms with van der Waals surface area (Å²) >= 11 is 3.58. The maximum absolute atomic E-state index is 9.54. The standard InChI is InChI=1S/C17H21BrN2O/c18-16-8-5-13(17-15(16)2-1-9-20-17)11-19-10-12-3-6-14(21)7-4-12/h1-2,5,8-9,12,14,19,21H,3-4,6-7,10-11H2. The number of fused-ring (bicyclic) bond motifs is 1. The Bertz CT molecular complexity index is 609. The van der Waals surface area contributed by atoms with Crippen molar-refractivity contribution >= 4 is 26.8 Å². The van der Waals surface area contributed by atoms with E-state index in [0.29, 0.717) is 5.92 Å². The van der Waals surface area contributed by atoms with Gasteiger partial charge in [-0.1, -0.05) is 28.1 Å². The maximum atomic E-state index is 9.54. The van der Waals surface area contributed by atoms with Crippen molar-refractivity contribution in [3.05, 3.63) is 40.5 Å². The van der Waals surface area contributed by atoms with Crippen LogP contribution in [-0.4, -0.2) is 22.7 Å². The fourth-order valence-electron chi connectivity index (χ4n) is 3.10. The molecule has 2 N–H and O–H groups in total. The molecule has 1 aromatic carbocycles. The Labute approximate surface area is 133 Å². The number of aliphatic hydroxyl groups excluding tert-OH is 1. The van der Waals surface area contributed by atoms with Crippen LogP contribution in [0.4, 0.5) is 0 Å². The highest BCUT2D eigenvalue weighted by molar-refractivity contribution is 9.10. The Morgan fingerprint density at radius 2 is 2.00 bits per heavy atom. The lowest BCUT2D eigenvalue weighted by atomic mass is 9.87. The molecule has 0 atom stereocenters. The van der Waals surface area contributed by atoms with Crippen LogP contribution in [0.2, 0.25) is 0 Å². The number of pyridine rings is 1. The second kappa shape index (κ2) is 6.86. The molecule has 1 saturated carbocycles. The Morgan fingerprint density at radius 3 is 2.81 bits per heavy atom. The van der Waals surface area contributed by atoms with Crippen molar-refractivity contribution < 1.29 is 5.11 Å². The minimum absolute atomic E-state index is 0.0686. The average molecular weight is 349 g/mol. The summed E-state index contributed by atoms with van der Waals surface area (Å²) in [6.45, 7) is 1.87. The summed E-state index contributed by atoms with van der Waals surface area (Å²) in [5, 5.41) is 14.3. The molecule has 1 fully saturated rings. The summed E-state index contributed by atoms with van der Waals surface area (Å²) < 4.78 is 1.09. The fourth-order valence-corrected chi connectivity index (χ4v) is 3.55. The first-order valence-electron chi connectivity index (χ1n) is 7.65. The summed E-state index contributed by atoms with van der Waals surface area (Å²) in [5.41, 5.74) is 2.31. The summed E-state index contributed by atoms with van der Waals surface area (Å²) in [6, 6.07) is 8.30.